The molecule has 0 unspecified atom stereocenters. The first kappa shape index (κ1) is 31.6. The molecule has 41 heavy (non-hydrogen) atoms. The van der Waals surface area contributed by atoms with E-state index in [-0.39, 0.29) is 32.0 Å². The van der Waals surface area contributed by atoms with Crippen LogP contribution in [0.3, 0.4) is 0 Å². The lowest BCUT2D eigenvalue weighted by atomic mass is 10.0. The first-order valence-corrected chi connectivity index (χ1v) is 14.6. The number of rotatable bonds is 19. The highest BCUT2D eigenvalue weighted by atomic mass is 16.6. The summed E-state index contributed by atoms with van der Waals surface area (Å²) in [6.45, 7) is 0.354. The fourth-order valence-electron chi connectivity index (χ4n) is 4.41. The molecule has 7 nitrogen and oxygen atoms in total. The molecule has 3 aromatic rings. The average Bonchev–Trinajstić information content (AvgIpc) is 3.01. The van der Waals surface area contributed by atoms with Gasteiger partial charge in [0.05, 0.1) is 6.61 Å². The molecule has 0 radical (unpaired) electrons. The maximum atomic E-state index is 12.8. The molecule has 0 aliphatic heterocycles. The minimum atomic E-state index is -0.902. The Labute approximate surface area is 243 Å². The summed E-state index contributed by atoms with van der Waals surface area (Å²) in [4.78, 5) is 43.2. The number of hydrogen-bond donors (Lipinski definition) is 2. The number of nitrogens with one attached hydrogen (secondary N) is 2. The lowest BCUT2D eigenvalue weighted by Crippen LogP contribution is -2.46. The van der Waals surface area contributed by atoms with Gasteiger partial charge in [-0.1, -0.05) is 117 Å². The fourth-order valence-corrected chi connectivity index (χ4v) is 4.41. The van der Waals surface area contributed by atoms with Gasteiger partial charge >= 0.3 is 5.97 Å². The van der Waals surface area contributed by atoms with Crippen molar-refractivity contribution in [1.29, 1.82) is 0 Å². The van der Waals surface area contributed by atoms with E-state index in [0.717, 1.165) is 43.2 Å². The second kappa shape index (κ2) is 19.2. The van der Waals surface area contributed by atoms with Gasteiger partial charge in [0, 0.05) is 12.8 Å². The molecule has 0 saturated carbocycles. The lowest BCUT2D eigenvalue weighted by molar-refractivity contribution is -0.146. The number of unbranched alkanes of at least 4 members (excludes halogenated alkanes) is 5. The van der Waals surface area contributed by atoms with Crippen LogP contribution in [0.2, 0.25) is 0 Å². The van der Waals surface area contributed by atoms with Crippen LogP contribution in [0.25, 0.3) is 0 Å². The van der Waals surface area contributed by atoms with Crippen LogP contribution in [-0.2, 0) is 43.6 Å². The average molecular weight is 559 g/mol. The van der Waals surface area contributed by atoms with Crippen molar-refractivity contribution in [3.8, 4) is 0 Å². The van der Waals surface area contributed by atoms with Crippen molar-refractivity contribution in [3.63, 3.8) is 0 Å². The van der Waals surface area contributed by atoms with Gasteiger partial charge in [-0.05, 0) is 42.4 Å². The van der Waals surface area contributed by atoms with Crippen molar-refractivity contribution in [2.75, 3.05) is 0 Å². The van der Waals surface area contributed by atoms with Crippen molar-refractivity contribution in [2.45, 2.75) is 83.5 Å². The number of aryl methyl sites for hydroxylation is 1. The zero-order valence-electron chi connectivity index (χ0n) is 23.8. The van der Waals surface area contributed by atoms with Crippen LogP contribution in [0, 0.1) is 0 Å². The Hall–Kier alpha value is -3.97. The van der Waals surface area contributed by atoms with Crippen molar-refractivity contribution < 1.29 is 24.0 Å². The monoisotopic (exact) mass is 558 g/mol. The van der Waals surface area contributed by atoms with E-state index < -0.39 is 17.9 Å². The minimum absolute atomic E-state index is 0.00708. The molecule has 0 saturated heterocycles. The molecule has 0 bridgehead atoms. The van der Waals surface area contributed by atoms with Crippen molar-refractivity contribution in [3.05, 3.63) is 108 Å². The Morgan fingerprint density at radius 2 is 1.15 bits per heavy atom. The molecule has 3 aromatic carbocycles. The van der Waals surface area contributed by atoms with E-state index in [0.29, 0.717) is 6.42 Å². The van der Waals surface area contributed by atoms with Gasteiger partial charge in [-0.3, -0.25) is 19.2 Å². The number of ether oxygens (including phenoxy) is 1. The number of benzene rings is 3. The Bertz CT molecular complexity index is 1160. The summed E-state index contributed by atoms with van der Waals surface area (Å²) >= 11 is 0. The number of carbonyl (C=O) groups excluding carboxylic acids is 3. The van der Waals surface area contributed by atoms with Crippen LogP contribution in [0.1, 0.15) is 74.5 Å². The van der Waals surface area contributed by atoms with Gasteiger partial charge in [0.2, 0.25) is 5.91 Å². The van der Waals surface area contributed by atoms with E-state index in [2.05, 4.69) is 35.1 Å². The lowest BCUT2D eigenvalue weighted by Gasteiger charge is -2.18. The Kier molecular flexibility index (Phi) is 14.8. The molecule has 0 aliphatic rings. The first-order chi connectivity index (χ1) is 20.1. The van der Waals surface area contributed by atoms with Gasteiger partial charge < -0.3 is 10.1 Å². The zero-order chi connectivity index (χ0) is 29.0. The molecule has 0 spiro atoms. The predicted octanol–water partition coefficient (Wildman–Crippen LogP) is 6.22. The highest BCUT2D eigenvalue weighted by molar-refractivity contribution is 5.87. The van der Waals surface area contributed by atoms with E-state index in [1.54, 1.807) is 0 Å². The van der Waals surface area contributed by atoms with Gasteiger partial charge in [-0.2, -0.15) is 0 Å². The van der Waals surface area contributed by atoms with Gasteiger partial charge in [0.15, 0.2) is 0 Å². The molecule has 218 valence electrons. The Morgan fingerprint density at radius 3 is 1.78 bits per heavy atom. The molecule has 2 N–H and O–H groups in total. The van der Waals surface area contributed by atoms with Crippen LogP contribution < -0.4 is 10.8 Å². The Morgan fingerprint density at radius 1 is 0.610 bits per heavy atom. The summed E-state index contributed by atoms with van der Waals surface area (Å²) in [6.07, 6.45) is 7.81. The van der Waals surface area contributed by atoms with Gasteiger partial charge in [0.25, 0.3) is 5.91 Å². The molecule has 2 amide bonds. The Balaban J connectivity index is 1.36. The summed E-state index contributed by atoms with van der Waals surface area (Å²) < 4.78 is 5.33. The van der Waals surface area contributed by atoms with Gasteiger partial charge in [-0.15, -0.1) is 0 Å². The molecule has 0 heterocycles. The number of carbonyl (C=O) groups is 3. The molecule has 0 aromatic heterocycles. The van der Waals surface area contributed by atoms with Crippen LogP contribution in [0.4, 0.5) is 0 Å². The van der Waals surface area contributed by atoms with E-state index >= 15 is 0 Å². The number of hydrogen-bond acceptors (Lipinski definition) is 5. The van der Waals surface area contributed by atoms with Crippen LogP contribution >= 0.6 is 0 Å². The number of hydroxylamine groups is 1. The van der Waals surface area contributed by atoms with Crippen molar-refractivity contribution in [1.82, 2.24) is 10.8 Å². The van der Waals surface area contributed by atoms with Crippen molar-refractivity contribution in [2.24, 2.45) is 0 Å². The summed E-state index contributed by atoms with van der Waals surface area (Å²) in [5.74, 6) is -1.14. The fraction of sp³-hybridized carbons (Fsp3) is 0.382. The molecular formula is C34H42N2O5. The highest BCUT2D eigenvalue weighted by Crippen LogP contribution is 2.11. The largest absolute Gasteiger partial charge is 0.461 e. The molecular weight excluding hydrogens is 516 g/mol. The third kappa shape index (κ3) is 13.8. The summed E-state index contributed by atoms with van der Waals surface area (Å²) in [7, 11) is 0. The number of esters is 1. The molecule has 3 rings (SSSR count). The second-order valence-corrected chi connectivity index (χ2v) is 10.2. The normalized spacial score (nSPS) is 11.4. The maximum absolute atomic E-state index is 12.8. The third-order valence-electron chi connectivity index (χ3n) is 6.75. The highest BCUT2D eigenvalue weighted by Gasteiger charge is 2.22. The summed E-state index contributed by atoms with van der Waals surface area (Å²) in [5.41, 5.74) is 5.58. The van der Waals surface area contributed by atoms with E-state index in [9.17, 15) is 14.4 Å². The minimum Gasteiger partial charge on any atom is -0.461 e. The zero-order valence-corrected chi connectivity index (χ0v) is 23.8. The van der Waals surface area contributed by atoms with Crippen LogP contribution in [0.5, 0.6) is 0 Å². The van der Waals surface area contributed by atoms with Gasteiger partial charge in [0.1, 0.15) is 12.6 Å². The summed E-state index contributed by atoms with van der Waals surface area (Å²) in [5, 5.41) is 2.79. The van der Waals surface area contributed by atoms with E-state index in [1.165, 1.54) is 18.4 Å². The summed E-state index contributed by atoms with van der Waals surface area (Å²) in [6, 6.07) is 28.4. The topological polar surface area (TPSA) is 93.7 Å². The molecule has 1 atom stereocenters. The standard InChI is InChI=1S/C34H42N2O5/c37-32(23-15-4-2-1-3-8-16-28-17-9-5-10-18-28)35-31(34(39)36-41-27-30-21-13-7-14-22-30)24-25-33(38)40-26-29-19-11-6-12-20-29/h5-7,9-14,17-22,31H,1-4,8,15-16,23-27H2,(H,35,37)(H,36,39)/t31-/m1/s1. The van der Waals surface area contributed by atoms with Crippen molar-refractivity contribution >= 4 is 17.8 Å². The molecule has 0 aliphatic carbocycles. The van der Waals surface area contributed by atoms with Crippen LogP contribution in [-0.4, -0.2) is 23.8 Å². The third-order valence-corrected chi connectivity index (χ3v) is 6.75. The second-order valence-electron chi connectivity index (χ2n) is 10.2. The van der Waals surface area contributed by atoms with E-state index in [1.807, 2.05) is 66.7 Å². The molecule has 7 heteroatoms. The van der Waals surface area contributed by atoms with E-state index in [4.69, 9.17) is 9.57 Å². The number of amides is 2. The molecule has 0 fully saturated rings. The SMILES string of the molecule is O=C(CCCCCCCCc1ccccc1)N[C@H](CCC(=O)OCc1ccccc1)C(=O)NOCc1ccccc1. The van der Waals surface area contributed by atoms with Crippen LogP contribution in [0.15, 0.2) is 91.0 Å². The quantitative estimate of drug-likeness (QED) is 0.104. The smallest absolute Gasteiger partial charge is 0.306 e. The predicted molar refractivity (Wildman–Crippen MR) is 159 cm³/mol. The first-order valence-electron chi connectivity index (χ1n) is 14.6. The van der Waals surface area contributed by atoms with Gasteiger partial charge in [-0.25, -0.2) is 5.48 Å². The maximum Gasteiger partial charge on any atom is 0.306 e.